The zero-order chi connectivity index (χ0) is 10.8. The molecule has 2 rings (SSSR count). The Kier molecular flexibility index (Phi) is 3.26. The van der Waals surface area contributed by atoms with Gasteiger partial charge in [-0.15, -0.1) is 0 Å². The number of nitrogens with one attached hydrogen (secondary N) is 1. The van der Waals surface area contributed by atoms with E-state index in [1.807, 2.05) is 6.92 Å². The average Bonchev–Trinajstić information content (AvgIpc) is 2.76. The van der Waals surface area contributed by atoms with Crippen LogP contribution in [-0.4, -0.2) is 42.0 Å². The first-order valence-electron chi connectivity index (χ1n) is 6.01. The summed E-state index contributed by atoms with van der Waals surface area (Å²) in [5, 5.41) is 3.42. The highest BCUT2D eigenvalue weighted by molar-refractivity contribution is 5.79. The Morgan fingerprint density at radius 3 is 3.00 bits per heavy atom. The van der Waals surface area contributed by atoms with Crippen LogP contribution in [-0.2, 0) is 4.79 Å². The molecule has 86 valence electrons. The number of carbonyl (C=O) groups is 1. The summed E-state index contributed by atoms with van der Waals surface area (Å²) >= 11 is 0. The summed E-state index contributed by atoms with van der Waals surface area (Å²) < 4.78 is 0. The summed E-state index contributed by atoms with van der Waals surface area (Å²) in [6, 6.07) is 0.985. The maximum absolute atomic E-state index is 11.2. The lowest BCUT2D eigenvalue weighted by Crippen LogP contribution is -2.49. The van der Waals surface area contributed by atoms with Gasteiger partial charge in [0, 0.05) is 18.6 Å². The fourth-order valence-corrected chi connectivity index (χ4v) is 2.94. The maximum atomic E-state index is 11.2. The highest BCUT2D eigenvalue weighted by Gasteiger charge is 2.38. The number of hydrogen-bond acceptors (Lipinski definition) is 3. The first-order valence-corrected chi connectivity index (χ1v) is 6.01. The molecule has 0 spiro atoms. The molecule has 2 heterocycles. The van der Waals surface area contributed by atoms with Gasteiger partial charge in [0.2, 0.25) is 5.91 Å². The second-order valence-corrected chi connectivity index (χ2v) is 4.67. The Hall–Kier alpha value is -0.610. The smallest absolute Gasteiger partial charge is 0.234 e. The normalized spacial score (nSPS) is 32.9. The molecule has 0 radical (unpaired) electrons. The van der Waals surface area contributed by atoms with Crippen LogP contribution >= 0.6 is 0 Å². The fourth-order valence-electron chi connectivity index (χ4n) is 2.94. The summed E-state index contributed by atoms with van der Waals surface area (Å²) in [5.74, 6) is -0.214. The van der Waals surface area contributed by atoms with Gasteiger partial charge in [-0.25, -0.2) is 0 Å². The van der Waals surface area contributed by atoms with Crippen molar-refractivity contribution in [2.45, 2.75) is 50.7 Å². The van der Waals surface area contributed by atoms with E-state index in [9.17, 15) is 4.79 Å². The Labute approximate surface area is 91.2 Å². The van der Waals surface area contributed by atoms with Gasteiger partial charge in [0.25, 0.3) is 0 Å². The SMILES string of the molecule is CCC(NC1CCN2CCCC12)C(N)=O. The molecule has 2 fully saturated rings. The predicted octanol–water partition coefficient (Wildman–Crippen LogP) is 0.0766. The molecule has 4 heteroatoms. The van der Waals surface area contributed by atoms with E-state index in [2.05, 4.69) is 10.2 Å². The molecule has 0 bridgehead atoms. The molecule has 0 saturated carbocycles. The van der Waals surface area contributed by atoms with Gasteiger partial charge in [0.1, 0.15) is 0 Å². The second kappa shape index (κ2) is 4.49. The fraction of sp³-hybridized carbons (Fsp3) is 0.909. The van der Waals surface area contributed by atoms with Crippen LogP contribution in [0.1, 0.15) is 32.6 Å². The molecule has 2 saturated heterocycles. The molecule has 3 N–H and O–H groups in total. The van der Waals surface area contributed by atoms with Gasteiger partial charge >= 0.3 is 0 Å². The van der Waals surface area contributed by atoms with Crippen LogP contribution in [0.2, 0.25) is 0 Å². The Bertz CT molecular complexity index is 244. The van der Waals surface area contributed by atoms with E-state index in [4.69, 9.17) is 5.73 Å². The van der Waals surface area contributed by atoms with Crippen LogP contribution in [0.4, 0.5) is 0 Å². The van der Waals surface area contributed by atoms with Crippen molar-refractivity contribution in [3.63, 3.8) is 0 Å². The van der Waals surface area contributed by atoms with E-state index in [1.165, 1.54) is 25.9 Å². The minimum absolute atomic E-state index is 0.143. The quantitative estimate of drug-likeness (QED) is 0.692. The Morgan fingerprint density at radius 1 is 1.53 bits per heavy atom. The van der Waals surface area contributed by atoms with Crippen molar-refractivity contribution in [1.29, 1.82) is 0 Å². The third kappa shape index (κ3) is 2.16. The molecular formula is C11H21N3O. The van der Waals surface area contributed by atoms with Gasteiger partial charge in [0.05, 0.1) is 6.04 Å². The lowest BCUT2D eigenvalue weighted by molar-refractivity contribution is -0.120. The van der Waals surface area contributed by atoms with Gasteiger partial charge < -0.3 is 11.1 Å². The molecule has 0 aliphatic carbocycles. The van der Waals surface area contributed by atoms with Crippen LogP contribution < -0.4 is 11.1 Å². The van der Waals surface area contributed by atoms with Crippen molar-refractivity contribution >= 4 is 5.91 Å². The third-order valence-corrected chi connectivity index (χ3v) is 3.77. The monoisotopic (exact) mass is 211 g/mol. The number of nitrogens with zero attached hydrogens (tertiary/aromatic N) is 1. The lowest BCUT2D eigenvalue weighted by Gasteiger charge is -2.24. The minimum Gasteiger partial charge on any atom is -0.368 e. The molecule has 3 atom stereocenters. The number of amides is 1. The average molecular weight is 211 g/mol. The Morgan fingerprint density at radius 2 is 2.33 bits per heavy atom. The van der Waals surface area contributed by atoms with Crippen molar-refractivity contribution < 1.29 is 4.79 Å². The van der Waals surface area contributed by atoms with Crippen LogP contribution in [0.15, 0.2) is 0 Å². The number of hydrogen-bond donors (Lipinski definition) is 2. The molecular weight excluding hydrogens is 190 g/mol. The van der Waals surface area contributed by atoms with Crippen molar-refractivity contribution in [1.82, 2.24) is 10.2 Å². The largest absolute Gasteiger partial charge is 0.368 e. The number of fused-ring (bicyclic) bond motifs is 1. The second-order valence-electron chi connectivity index (χ2n) is 4.67. The molecule has 0 aromatic carbocycles. The molecule has 15 heavy (non-hydrogen) atoms. The molecule has 0 aromatic heterocycles. The van der Waals surface area contributed by atoms with Crippen LogP contribution in [0, 0.1) is 0 Å². The molecule has 0 aromatic rings. The van der Waals surface area contributed by atoms with E-state index in [0.717, 1.165) is 12.8 Å². The van der Waals surface area contributed by atoms with Gasteiger partial charge in [-0.3, -0.25) is 9.69 Å². The lowest BCUT2D eigenvalue weighted by atomic mass is 10.0. The summed E-state index contributed by atoms with van der Waals surface area (Å²) in [6.45, 7) is 4.41. The Balaban J connectivity index is 1.91. The highest BCUT2D eigenvalue weighted by Crippen LogP contribution is 2.28. The van der Waals surface area contributed by atoms with Crippen LogP contribution in [0.25, 0.3) is 0 Å². The van der Waals surface area contributed by atoms with Crippen molar-refractivity contribution in [3.05, 3.63) is 0 Å². The minimum atomic E-state index is -0.214. The molecule has 2 aliphatic rings. The van der Waals surface area contributed by atoms with Crippen molar-refractivity contribution in [2.75, 3.05) is 13.1 Å². The summed E-state index contributed by atoms with van der Waals surface area (Å²) in [6.07, 6.45) is 4.52. The van der Waals surface area contributed by atoms with Crippen LogP contribution in [0.5, 0.6) is 0 Å². The van der Waals surface area contributed by atoms with Crippen molar-refractivity contribution in [3.8, 4) is 0 Å². The summed E-state index contributed by atoms with van der Waals surface area (Å²) in [5.41, 5.74) is 5.35. The summed E-state index contributed by atoms with van der Waals surface area (Å²) in [4.78, 5) is 13.7. The number of carbonyl (C=O) groups excluding carboxylic acids is 1. The van der Waals surface area contributed by atoms with Gasteiger partial charge in [-0.2, -0.15) is 0 Å². The predicted molar refractivity (Wildman–Crippen MR) is 59.4 cm³/mol. The van der Waals surface area contributed by atoms with E-state index < -0.39 is 0 Å². The first kappa shape index (κ1) is 10.9. The van der Waals surface area contributed by atoms with E-state index in [0.29, 0.717) is 12.1 Å². The van der Waals surface area contributed by atoms with E-state index in [1.54, 1.807) is 0 Å². The zero-order valence-corrected chi connectivity index (χ0v) is 9.41. The van der Waals surface area contributed by atoms with Gasteiger partial charge in [0.15, 0.2) is 0 Å². The molecule has 2 aliphatic heterocycles. The number of nitrogens with two attached hydrogens (primary N) is 1. The van der Waals surface area contributed by atoms with Gasteiger partial charge in [-0.05, 0) is 32.2 Å². The van der Waals surface area contributed by atoms with E-state index >= 15 is 0 Å². The standard InChI is InChI=1S/C11H21N3O/c1-2-8(11(12)15)13-9-5-7-14-6-3-4-10(9)14/h8-10,13H,2-7H2,1H3,(H2,12,15). The first-order chi connectivity index (χ1) is 7.22. The number of rotatable bonds is 4. The van der Waals surface area contributed by atoms with E-state index in [-0.39, 0.29) is 11.9 Å². The highest BCUT2D eigenvalue weighted by atomic mass is 16.1. The topological polar surface area (TPSA) is 58.4 Å². The third-order valence-electron chi connectivity index (χ3n) is 3.77. The molecule has 3 unspecified atom stereocenters. The van der Waals surface area contributed by atoms with Gasteiger partial charge in [-0.1, -0.05) is 6.92 Å². The van der Waals surface area contributed by atoms with Crippen molar-refractivity contribution in [2.24, 2.45) is 5.73 Å². The zero-order valence-electron chi connectivity index (χ0n) is 9.41. The number of primary amides is 1. The van der Waals surface area contributed by atoms with Crippen LogP contribution in [0.3, 0.4) is 0 Å². The summed E-state index contributed by atoms with van der Waals surface area (Å²) in [7, 11) is 0. The maximum Gasteiger partial charge on any atom is 0.234 e. The molecule has 4 nitrogen and oxygen atoms in total. The molecule has 1 amide bonds.